The Balaban J connectivity index is 1.91. The van der Waals surface area contributed by atoms with Crippen LogP contribution in [-0.2, 0) is 14.3 Å². The second-order valence-electron chi connectivity index (χ2n) is 5.60. The number of carboxylic acid groups (broad SMARTS) is 1. The van der Waals surface area contributed by atoms with Crippen molar-refractivity contribution in [1.82, 2.24) is 5.32 Å². The third kappa shape index (κ3) is 4.20. The lowest BCUT2D eigenvalue weighted by Crippen LogP contribution is -2.44. The first-order valence-electron chi connectivity index (χ1n) is 7.30. The summed E-state index contributed by atoms with van der Waals surface area (Å²) in [6.07, 6.45) is 6.89. The zero-order valence-corrected chi connectivity index (χ0v) is 11.3. The Morgan fingerprint density at radius 1 is 1.16 bits per heavy atom. The fourth-order valence-corrected chi connectivity index (χ4v) is 3.06. The van der Waals surface area contributed by atoms with E-state index in [-0.39, 0.29) is 24.5 Å². The quantitative estimate of drug-likeness (QED) is 0.796. The summed E-state index contributed by atoms with van der Waals surface area (Å²) in [5, 5.41) is 12.0. The van der Waals surface area contributed by atoms with Gasteiger partial charge in [0.15, 0.2) is 0 Å². The summed E-state index contributed by atoms with van der Waals surface area (Å²) in [4.78, 5) is 23.2. The average molecular weight is 269 g/mol. The van der Waals surface area contributed by atoms with E-state index >= 15 is 0 Å². The van der Waals surface area contributed by atoms with E-state index < -0.39 is 11.9 Å². The van der Waals surface area contributed by atoms with Crippen molar-refractivity contribution >= 4 is 11.9 Å². The Bertz CT molecular complexity index is 319. The lowest BCUT2D eigenvalue weighted by Gasteiger charge is -2.27. The zero-order valence-electron chi connectivity index (χ0n) is 11.3. The van der Waals surface area contributed by atoms with Gasteiger partial charge in [0.05, 0.1) is 18.4 Å². The summed E-state index contributed by atoms with van der Waals surface area (Å²) >= 11 is 0. The van der Waals surface area contributed by atoms with E-state index in [0.29, 0.717) is 6.61 Å². The van der Waals surface area contributed by atoms with Crippen molar-refractivity contribution in [2.75, 3.05) is 6.61 Å². The fraction of sp³-hybridized carbons (Fsp3) is 0.857. The summed E-state index contributed by atoms with van der Waals surface area (Å²) in [6.45, 7) is 0.636. The SMILES string of the molecule is O=C(O)C[C@H](C(=O)NC1CCCCC1)[C@H]1CCCO1. The topological polar surface area (TPSA) is 75.6 Å². The second kappa shape index (κ2) is 6.89. The third-order valence-electron chi connectivity index (χ3n) is 4.10. The number of carbonyl (C=O) groups is 2. The van der Waals surface area contributed by atoms with Gasteiger partial charge in [-0.2, -0.15) is 0 Å². The first-order valence-corrected chi connectivity index (χ1v) is 7.30. The molecule has 2 rings (SSSR count). The molecule has 1 saturated heterocycles. The van der Waals surface area contributed by atoms with Gasteiger partial charge in [-0.15, -0.1) is 0 Å². The Kier molecular flexibility index (Phi) is 5.19. The largest absolute Gasteiger partial charge is 0.481 e. The molecule has 2 aliphatic rings. The van der Waals surface area contributed by atoms with E-state index in [9.17, 15) is 9.59 Å². The minimum absolute atomic E-state index is 0.136. The highest BCUT2D eigenvalue weighted by molar-refractivity contribution is 5.84. The molecule has 0 spiro atoms. The summed E-state index contributed by atoms with van der Waals surface area (Å²) in [5.41, 5.74) is 0. The smallest absolute Gasteiger partial charge is 0.304 e. The van der Waals surface area contributed by atoms with Crippen LogP contribution in [0.15, 0.2) is 0 Å². The normalized spacial score (nSPS) is 26.0. The predicted molar refractivity (Wildman–Crippen MR) is 69.7 cm³/mol. The first-order chi connectivity index (χ1) is 9.16. The predicted octanol–water partition coefficient (Wildman–Crippen LogP) is 1.71. The summed E-state index contributed by atoms with van der Waals surface area (Å²) < 4.78 is 5.50. The van der Waals surface area contributed by atoms with E-state index in [0.717, 1.165) is 38.5 Å². The zero-order chi connectivity index (χ0) is 13.7. The second-order valence-corrected chi connectivity index (χ2v) is 5.60. The highest BCUT2D eigenvalue weighted by Gasteiger charge is 2.34. The molecule has 0 bridgehead atoms. The molecule has 2 fully saturated rings. The standard InChI is InChI=1S/C14H23NO4/c16-13(17)9-11(12-7-4-8-19-12)14(18)15-10-5-2-1-3-6-10/h10-12H,1-9H2,(H,15,18)(H,16,17)/t11-,12+/m0/s1. The van der Waals surface area contributed by atoms with Crippen LogP contribution in [0.4, 0.5) is 0 Å². The van der Waals surface area contributed by atoms with E-state index in [2.05, 4.69) is 5.32 Å². The number of hydrogen-bond acceptors (Lipinski definition) is 3. The molecule has 0 radical (unpaired) electrons. The molecule has 108 valence electrons. The van der Waals surface area contributed by atoms with Gasteiger partial charge in [-0.05, 0) is 25.7 Å². The molecule has 0 aromatic rings. The minimum Gasteiger partial charge on any atom is -0.481 e. The van der Waals surface area contributed by atoms with Gasteiger partial charge < -0.3 is 15.2 Å². The Hall–Kier alpha value is -1.10. The Morgan fingerprint density at radius 3 is 2.47 bits per heavy atom. The van der Waals surface area contributed by atoms with Crippen molar-refractivity contribution in [1.29, 1.82) is 0 Å². The fourth-order valence-electron chi connectivity index (χ4n) is 3.06. The van der Waals surface area contributed by atoms with Crippen LogP contribution in [0.25, 0.3) is 0 Å². The Morgan fingerprint density at radius 2 is 1.89 bits per heavy atom. The van der Waals surface area contributed by atoms with Crippen LogP contribution < -0.4 is 5.32 Å². The molecule has 1 heterocycles. The van der Waals surface area contributed by atoms with Crippen LogP contribution in [0.2, 0.25) is 0 Å². The monoisotopic (exact) mass is 269 g/mol. The van der Waals surface area contributed by atoms with E-state index in [1.54, 1.807) is 0 Å². The van der Waals surface area contributed by atoms with Gasteiger partial charge in [-0.3, -0.25) is 9.59 Å². The van der Waals surface area contributed by atoms with Gasteiger partial charge in [-0.25, -0.2) is 0 Å². The number of aliphatic carboxylic acids is 1. The number of hydrogen-bond donors (Lipinski definition) is 2. The van der Waals surface area contributed by atoms with Gasteiger partial charge in [-0.1, -0.05) is 19.3 Å². The molecule has 2 N–H and O–H groups in total. The number of nitrogens with one attached hydrogen (secondary N) is 1. The molecule has 1 saturated carbocycles. The average Bonchev–Trinajstić information content (AvgIpc) is 2.90. The molecule has 0 unspecified atom stereocenters. The van der Waals surface area contributed by atoms with Crippen LogP contribution >= 0.6 is 0 Å². The first kappa shape index (κ1) is 14.3. The minimum atomic E-state index is -0.931. The van der Waals surface area contributed by atoms with E-state index in [1.165, 1.54) is 6.42 Å². The van der Waals surface area contributed by atoms with Gasteiger partial charge in [0, 0.05) is 12.6 Å². The molecule has 19 heavy (non-hydrogen) atoms. The van der Waals surface area contributed by atoms with Crippen LogP contribution in [0.5, 0.6) is 0 Å². The number of carboxylic acids is 1. The number of rotatable bonds is 5. The molecular weight excluding hydrogens is 246 g/mol. The maximum Gasteiger partial charge on any atom is 0.304 e. The molecule has 0 aromatic carbocycles. The highest BCUT2D eigenvalue weighted by atomic mass is 16.5. The number of carbonyl (C=O) groups excluding carboxylic acids is 1. The number of amides is 1. The molecular formula is C14H23NO4. The van der Waals surface area contributed by atoms with Crippen LogP contribution in [0.1, 0.15) is 51.4 Å². The summed E-state index contributed by atoms with van der Waals surface area (Å²) in [7, 11) is 0. The van der Waals surface area contributed by atoms with Gasteiger partial charge >= 0.3 is 5.97 Å². The van der Waals surface area contributed by atoms with Crippen LogP contribution in [0, 0.1) is 5.92 Å². The van der Waals surface area contributed by atoms with E-state index in [4.69, 9.17) is 9.84 Å². The van der Waals surface area contributed by atoms with Crippen molar-refractivity contribution in [2.45, 2.75) is 63.5 Å². The lowest BCUT2D eigenvalue weighted by atomic mass is 9.92. The van der Waals surface area contributed by atoms with E-state index in [1.807, 2.05) is 0 Å². The van der Waals surface area contributed by atoms with Gasteiger partial charge in [0.1, 0.15) is 0 Å². The van der Waals surface area contributed by atoms with Gasteiger partial charge in [0.25, 0.3) is 0 Å². The van der Waals surface area contributed by atoms with Crippen LogP contribution in [-0.4, -0.2) is 35.7 Å². The summed E-state index contributed by atoms with van der Waals surface area (Å²) in [5.74, 6) is -1.61. The molecule has 1 amide bonds. The maximum absolute atomic E-state index is 12.3. The summed E-state index contributed by atoms with van der Waals surface area (Å²) in [6, 6.07) is 0.221. The molecule has 5 nitrogen and oxygen atoms in total. The molecule has 0 aromatic heterocycles. The number of ether oxygens (including phenoxy) is 1. The van der Waals surface area contributed by atoms with Crippen molar-refractivity contribution in [3.63, 3.8) is 0 Å². The van der Waals surface area contributed by atoms with Crippen LogP contribution in [0.3, 0.4) is 0 Å². The molecule has 5 heteroatoms. The van der Waals surface area contributed by atoms with Crippen molar-refractivity contribution in [3.8, 4) is 0 Å². The Labute approximate surface area is 113 Å². The molecule has 1 aliphatic carbocycles. The lowest BCUT2D eigenvalue weighted by molar-refractivity contribution is -0.144. The van der Waals surface area contributed by atoms with Crippen molar-refractivity contribution < 1.29 is 19.4 Å². The molecule has 1 aliphatic heterocycles. The highest BCUT2D eigenvalue weighted by Crippen LogP contribution is 2.24. The third-order valence-corrected chi connectivity index (χ3v) is 4.10. The maximum atomic E-state index is 12.3. The molecule has 2 atom stereocenters. The van der Waals surface area contributed by atoms with Crippen molar-refractivity contribution in [2.24, 2.45) is 5.92 Å². The van der Waals surface area contributed by atoms with Gasteiger partial charge in [0.2, 0.25) is 5.91 Å². The van der Waals surface area contributed by atoms with Crippen molar-refractivity contribution in [3.05, 3.63) is 0 Å².